The smallest absolute Gasteiger partial charge is 0.418 e. The van der Waals surface area contributed by atoms with E-state index in [1.165, 1.54) is 27.0 Å². The van der Waals surface area contributed by atoms with E-state index in [1.54, 1.807) is 0 Å². The van der Waals surface area contributed by atoms with Gasteiger partial charge in [-0.15, -0.1) is 5.23 Å². The van der Waals surface area contributed by atoms with Gasteiger partial charge in [0, 0.05) is 17.8 Å². The highest BCUT2D eigenvalue weighted by Crippen LogP contribution is 2.44. The second kappa shape index (κ2) is 8.25. The monoisotopic (exact) mass is 434 g/mol. The quantitative estimate of drug-likeness (QED) is 0.458. The summed E-state index contributed by atoms with van der Waals surface area (Å²) in [6.45, 7) is 1.53. The molecule has 30 heavy (non-hydrogen) atoms. The fourth-order valence-electron chi connectivity index (χ4n) is 3.32. The van der Waals surface area contributed by atoms with E-state index < -0.39 is 41.5 Å². The van der Waals surface area contributed by atoms with Crippen molar-refractivity contribution in [2.24, 2.45) is 0 Å². The fraction of sp³-hybridized carbons (Fsp3) is 0.421. The summed E-state index contributed by atoms with van der Waals surface area (Å²) in [5.41, 5.74) is -6.02. The number of hydrogen-bond acceptors (Lipinski definition) is 6. The van der Waals surface area contributed by atoms with Crippen molar-refractivity contribution in [3.05, 3.63) is 58.3 Å². The highest BCUT2D eigenvalue weighted by molar-refractivity contribution is 5.40. The fourth-order valence-corrected chi connectivity index (χ4v) is 3.32. The van der Waals surface area contributed by atoms with Crippen molar-refractivity contribution in [2.45, 2.75) is 44.0 Å². The Bertz CT molecular complexity index is 959. The predicted octanol–water partition coefficient (Wildman–Crippen LogP) is 3.24. The van der Waals surface area contributed by atoms with Gasteiger partial charge in [0.05, 0.1) is 13.7 Å². The maximum absolute atomic E-state index is 13.9. The van der Waals surface area contributed by atoms with Crippen molar-refractivity contribution in [3.63, 3.8) is 0 Å². The van der Waals surface area contributed by atoms with E-state index in [1.807, 2.05) is 0 Å². The third kappa shape index (κ3) is 4.91. The molecular formula is C19H22F4N2O5. The van der Waals surface area contributed by atoms with Gasteiger partial charge in [-0.2, -0.15) is 13.2 Å². The molecule has 0 bridgehead atoms. The van der Waals surface area contributed by atoms with Gasteiger partial charge in [0.1, 0.15) is 17.3 Å². The molecule has 0 aliphatic carbocycles. The SMILES string of the molecule is COc1ccc(F)cc1C(C)(C)CC(O)(Cn1cc(N(O)O)ccc1=O)C(F)(F)F. The van der Waals surface area contributed by atoms with E-state index in [0.29, 0.717) is 4.57 Å². The van der Waals surface area contributed by atoms with Gasteiger partial charge in [-0.25, -0.2) is 4.39 Å². The number of halogens is 4. The third-order valence-electron chi connectivity index (χ3n) is 4.78. The van der Waals surface area contributed by atoms with Crippen LogP contribution in [-0.4, -0.2) is 39.0 Å². The standard InChI is InChI=1S/C19H22F4N2O5/c1-17(2,14-8-12(20)4-6-15(14)30-3)10-18(27,19(21,22)23)11-24-9-13(25(28)29)5-7-16(24)26/h4-9,27-29H,10-11H2,1-3H3. The minimum atomic E-state index is -5.17. The molecule has 7 nitrogen and oxygen atoms in total. The lowest BCUT2D eigenvalue weighted by atomic mass is 9.74. The number of rotatable bonds is 7. The summed E-state index contributed by atoms with van der Waals surface area (Å²) >= 11 is 0. The van der Waals surface area contributed by atoms with Crippen LogP contribution in [-0.2, 0) is 12.0 Å². The summed E-state index contributed by atoms with van der Waals surface area (Å²) in [6.07, 6.45) is -5.35. The highest BCUT2D eigenvalue weighted by Gasteiger charge is 2.56. The maximum Gasteiger partial charge on any atom is 0.418 e. The van der Waals surface area contributed by atoms with Crippen LogP contribution in [0.5, 0.6) is 5.75 Å². The molecule has 1 aromatic carbocycles. The Labute approximate surface area is 169 Å². The van der Waals surface area contributed by atoms with Crippen LogP contribution in [0.4, 0.5) is 23.2 Å². The minimum absolute atomic E-state index is 0.102. The van der Waals surface area contributed by atoms with Crippen molar-refractivity contribution < 1.29 is 37.8 Å². The molecule has 0 aliphatic heterocycles. The summed E-state index contributed by atoms with van der Waals surface area (Å²) in [6, 6.07) is 5.19. The molecule has 1 unspecified atom stereocenters. The molecule has 1 aromatic heterocycles. The number of pyridine rings is 1. The van der Waals surface area contributed by atoms with E-state index in [2.05, 4.69) is 0 Å². The summed E-state index contributed by atoms with van der Waals surface area (Å²) in [7, 11) is 1.28. The van der Waals surface area contributed by atoms with E-state index in [9.17, 15) is 27.5 Å². The average molecular weight is 434 g/mol. The van der Waals surface area contributed by atoms with Crippen LogP contribution in [0.1, 0.15) is 25.8 Å². The molecule has 0 amide bonds. The number of aliphatic hydroxyl groups is 1. The largest absolute Gasteiger partial charge is 0.496 e. The number of nitrogens with zero attached hydrogens (tertiary/aromatic N) is 2. The van der Waals surface area contributed by atoms with Crippen LogP contribution >= 0.6 is 0 Å². The average Bonchev–Trinajstić information content (AvgIpc) is 2.62. The number of methoxy groups -OCH3 is 1. The predicted molar refractivity (Wildman–Crippen MR) is 98.4 cm³/mol. The summed E-state index contributed by atoms with van der Waals surface area (Å²) in [5, 5.41) is 28.4. The van der Waals surface area contributed by atoms with Crippen LogP contribution in [0.3, 0.4) is 0 Å². The van der Waals surface area contributed by atoms with Crippen LogP contribution in [0.25, 0.3) is 0 Å². The van der Waals surface area contributed by atoms with Crippen molar-refractivity contribution >= 4 is 5.69 Å². The van der Waals surface area contributed by atoms with E-state index in [-0.39, 0.29) is 22.2 Å². The van der Waals surface area contributed by atoms with E-state index in [0.717, 1.165) is 30.5 Å². The normalized spacial score (nSPS) is 14.3. The molecule has 2 rings (SSSR count). The lowest BCUT2D eigenvalue weighted by Crippen LogP contribution is -2.53. The Kier molecular flexibility index (Phi) is 6.50. The first-order chi connectivity index (χ1) is 13.7. The van der Waals surface area contributed by atoms with Crippen LogP contribution in [0, 0.1) is 5.82 Å². The zero-order valence-corrected chi connectivity index (χ0v) is 16.4. The lowest BCUT2D eigenvalue weighted by Gasteiger charge is -2.38. The molecule has 0 fully saturated rings. The van der Waals surface area contributed by atoms with Gasteiger partial charge in [0.15, 0.2) is 5.60 Å². The summed E-state index contributed by atoms with van der Waals surface area (Å²) in [4.78, 5) is 12.0. The Balaban J connectivity index is 2.52. The Hall–Kier alpha value is -2.63. The van der Waals surface area contributed by atoms with E-state index in [4.69, 9.17) is 15.2 Å². The Morgan fingerprint density at radius 1 is 1.13 bits per heavy atom. The van der Waals surface area contributed by atoms with Gasteiger partial charge < -0.3 is 14.4 Å². The molecule has 0 saturated heterocycles. The first kappa shape index (κ1) is 23.6. The molecule has 3 N–H and O–H groups in total. The second-order valence-electron chi connectivity index (χ2n) is 7.58. The van der Waals surface area contributed by atoms with Crippen LogP contribution < -0.4 is 15.5 Å². The van der Waals surface area contributed by atoms with Crippen molar-refractivity contribution in [3.8, 4) is 5.75 Å². The highest BCUT2D eigenvalue weighted by atomic mass is 19.4. The van der Waals surface area contributed by atoms with E-state index >= 15 is 0 Å². The minimum Gasteiger partial charge on any atom is -0.496 e. The topological polar surface area (TPSA) is 95.2 Å². The molecule has 166 valence electrons. The molecular weight excluding hydrogens is 412 g/mol. The molecule has 1 heterocycles. The molecule has 11 heteroatoms. The molecule has 1 atom stereocenters. The molecule has 0 aliphatic rings. The lowest BCUT2D eigenvalue weighted by molar-refractivity contribution is -0.271. The summed E-state index contributed by atoms with van der Waals surface area (Å²) < 4.78 is 61.1. The van der Waals surface area contributed by atoms with Crippen molar-refractivity contribution in [1.29, 1.82) is 0 Å². The Morgan fingerprint density at radius 3 is 2.30 bits per heavy atom. The number of alkyl halides is 3. The number of anilines is 1. The first-order valence-corrected chi connectivity index (χ1v) is 8.72. The van der Waals surface area contributed by atoms with Gasteiger partial charge >= 0.3 is 6.18 Å². The zero-order chi connectivity index (χ0) is 22.9. The number of aromatic nitrogens is 1. The van der Waals surface area contributed by atoms with Crippen LogP contribution in [0.15, 0.2) is 41.3 Å². The maximum atomic E-state index is 13.9. The molecule has 2 aromatic rings. The molecule has 0 spiro atoms. The number of hydrogen-bond donors (Lipinski definition) is 3. The third-order valence-corrected chi connectivity index (χ3v) is 4.78. The first-order valence-electron chi connectivity index (χ1n) is 8.72. The van der Waals surface area contributed by atoms with Crippen molar-refractivity contribution in [1.82, 2.24) is 4.57 Å². The molecule has 0 radical (unpaired) electrons. The van der Waals surface area contributed by atoms with Gasteiger partial charge in [-0.3, -0.25) is 15.2 Å². The van der Waals surface area contributed by atoms with Gasteiger partial charge in [0.2, 0.25) is 0 Å². The Morgan fingerprint density at radius 2 is 1.77 bits per heavy atom. The van der Waals surface area contributed by atoms with Crippen LogP contribution in [0.2, 0.25) is 0 Å². The van der Waals surface area contributed by atoms with Gasteiger partial charge in [-0.1, -0.05) is 13.8 Å². The summed E-state index contributed by atoms with van der Waals surface area (Å²) in [5.74, 6) is -0.550. The number of benzene rings is 1. The van der Waals surface area contributed by atoms with Gasteiger partial charge in [0.25, 0.3) is 5.56 Å². The number of ether oxygens (including phenoxy) is 1. The second-order valence-corrected chi connectivity index (χ2v) is 7.58. The molecule has 0 saturated carbocycles. The van der Waals surface area contributed by atoms with Gasteiger partial charge in [-0.05, 0) is 36.1 Å². The van der Waals surface area contributed by atoms with Crippen molar-refractivity contribution in [2.75, 3.05) is 12.3 Å². The zero-order valence-electron chi connectivity index (χ0n) is 16.4.